The van der Waals surface area contributed by atoms with Gasteiger partial charge in [0.2, 0.25) is 15.5 Å². The number of fused-ring (bicyclic) bond motifs is 2. The zero-order chi connectivity index (χ0) is 24.5. The molecule has 0 saturated carbocycles. The van der Waals surface area contributed by atoms with Crippen LogP contribution in [0.15, 0.2) is 69.5 Å². The third-order valence-corrected chi connectivity index (χ3v) is 9.77. The first-order chi connectivity index (χ1) is 16.1. The van der Waals surface area contributed by atoms with Crippen molar-refractivity contribution in [2.75, 3.05) is 31.8 Å². The van der Waals surface area contributed by atoms with Crippen LogP contribution in [-0.2, 0) is 26.2 Å². The minimum absolute atomic E-state index is 0.0432. The number of rotatable bonds is 8. The van der Waals surface area contributed by atoms with E-state index in [2.05, 4.69) is 38.1 Å². The van der Waals surface area contributed by atoms with Crippen molar-refractivity contribution in [2.24, 2.45) is 7.05 Å². The number of hydrogen-bond acceptors (Lipinski definition) is 6. The molecule has 0 radical (unpaired) electrons. The number of aryl methyl sites for hydroxylation is 1. The Morgan fingerprint density at radius 2 is 2.00 bits per heavy atom. The molecule has 1 unspecified atom stereocenters. The van der Waals surface area contributed by atoms with Crippen LogP contribution in [0.4, 0.5) is 5.69 Å². The normalized spacial score (nSPS) is 16.7. The molecule has 0 fully saturated rings. The molecule has 2 heterocycles. The quantitative estimate of drug-likeness (QED) is 0.265. The number of sulfonamides is 1. The summed E-state index contributed by atoms with van der Waals surface area (Å²) in [6, 6.07) is 15.3. The Labute approximate surface area is 203 Å². The minimum Gasteiger partial charge on any atom is -0.338 e. The van der Waals surface area contributed by atoms with Crippen molar-refractivity contribution in [2.45, 2.75) is 16.2 Å². The number of thioether (sulfide) groups is 1. The highest BCUT2D eigenvalue weighted by atomic mass is 32.2. The van der Waals surface area contributed by atoms with Crippen LogP contribution in [0.2, 0.25) is 0 Å². The van der Waals surface area contributed by atoms with Gasteiger partial charge in [0.15, 0.2) is 6.20 Å². The molecule has 8 nitrogen and oxygen atoms in total. The summed E-state index contributed by atoms with van der Waals surface area (Å²) < 4.78 is 46.2. The zero-order valence-electron chi connectivity index (χ0n) is 19.1. The van der Waals surface area contributed by atoms with Crippen LogP contribution >= 0.6 is 19.4 Å². The predicted molar refractivity (Wildman–Crippen MR) is 135 cm³/mol. The van der Waals surface area contributed by atoms with Gasteiger partial charge in [0.1, 0.15) is 7.05 Å². The van der Waals surface area contributed by atoms with Gasteiger partial charge in [-0.15, -0.1) is 0 Å². The highest BCUT2D eigenvalue weighted by Gasteiger charge is 2.26. The van der Waals surface area contributed by atoms with Crippen molar-refractivity contribution in [3.05, 3.63) is 65.3 Å². The first-order valence-electron chi connectivity index (χ1n) is 10.6. The second kappa shape index (κ2) is 9.81. The van der Waals surface area contributed by atoms with Crippen LogP contribution in [0, 0.1) is 0 Å². The highest BCUT2D eigenvalue weighted by molar-refractivity contribution is 8.03. The lowest BCUT2D eigenvalue weighted by Gasteiger charge is -2.15. The van der Waals surface area contributed by atoms with Crippen molar-refractivity contribution >= 4 is 52.0 Å². The molecule has 0 aliphatic carbocycles. The molecule has 11 heteroatoms. The number of nitrogens with one attached hydrogen (secondary N) is 1. The first kappa shape index (κ1) is 24.9. The lowest BCUT2D eigenvalue weighted by molar-refractivity contribution is -0.644. The Morgan fingerprint density at radius 1 is 1.24 bits per heavy atom. The fourth-order valence-corrected chi connectivity index (χ4v) is 6.66. The van der Waals surface area contributed by atoms with Crippen molar-refractivity contribution in [1.82, 2.24) is 4.72 Å². The Morgan fingerprint density at radius 3 is 2.76 bits per heavy atom. The maximum Gasteiger partial charge on any atom is 0.327 e. The second-order valence-corrected chi connectivity index (χ2v) is 12.9. The van der Waals surface area contributed by atoms with E-state index in [0.29, 0.717) is 0 Å². The van der Waals surface area contributed by atoms with E-state index in [4.69, 9.17) is 0 Å². The average Bonchev–Trinajstić information content (AvgIpc) is 3.13. The molecule has 1 aliphatic rings. The van der Waals surface area contributed by atoms with Crippen molar-refractivity contribution in [1.29, 1.82) is 0 Å². The molecule has 0 bridgehead atoms. The van der Waals surface area contributed by atoms with E-state index in [1.54, 1.807) is 23.9 Å². The number of anilines is 1. The summed E-state index contributed by atoms with van der Waals surface area (Å²) >= 11 is 1.59. The van der Waals surface area contributed by atoms with Crippen molar-refractivity contribution in [3.63, 3.8) is 0 Å². The average molecular weight is 521 g/mol. The maximum absolute atomic E-state index is 12.8. The van der Waals surface area contributed by atoms with Gasteiger partial charge in [-0.3, -0.25) is 4.57 Å². The molecule has 1 aromatic heterocycles. The van der Waals surface area contributed by atoms with Crippen molar-refractivity contribution < 1.29 is 27.0 Å². The van der Waals surface area contributed by atoms with E-state index >= 15 is 0 Å². The molecular formula is C23H27N3O5PS2+. The number of para-hydroxylation sites is 1. The van der Waals surface area contributed by atoms with E-state index in [0.717, 1.165) is 39.2 Å². The van der Waals surface area contributed by atoms with E-state index in [-0.39, 0.29) is 24.0 Å². The summed E-state index contributed by atoms with van der Waals surface area (Å²) in [7, 11) is -2.32. The third kappa shape index (κ3) is 5.22. The van der Waals surface area contributed by atoms with E-state index in [9.17, 15) is 17.9 Å². The molecule has 34 heavy (non-hydrogen) atoms. The number of nitrogens with zero attached hydrogens (tertiary/aromatic N) is 2. The number of aromatic nitrogens is 1. The Hall–Kier alpha value is -2.20. The van der Waals surface area contributed by atoms with E-state index < -0.39 is 17.6 Å². The summed E-state index contributed by atoms with van der Waals surface area (Å²) in [5, 5.41) is 2.13. The fourth-order valence-electron chi connectivity index (χ4n) is 3.75. The van der Waals surface area contributed by atoms with Crippen LogP contribution in [0.3, 0.4) is 0 Å². The molecule has 180 valence electrons. The predicted octanol–water partition coefficient (Wildman–Crippen LogP) is 3.71. The molecule has 1 aliphatic heterocycles. The highest BCUT2D eigenvalue weighted by Crippen LogP contribution is 2.46. The molecule has 3 aromatic rings. The SMILES string of the molecule is COP(=O)(O)CCCNS(=O)(=O)c1ccc2c(c1)N(C)C(=Cc1cc[n+](C)c3ccccc13)S2. The Kier molecular flexibility index (Phi) is 7.19. The standard InChI is InChI=1S/C23H26N3O5PS2/c1-25-13-11-17(19-7-4-5-8-20(19)25)15-23-26(2)21-16-18(9-10-22(21)33-23)34(29,30)24-12-6-14-32(27,28)31-3/h4-5,7-11,13,15-16,24H,6,12,14H2,1-3H3/p+1. The topological polar surface area (TPSA) is 99.8 Å². The van der Waals surface area contributed by atoms with Crippen LogP contribution in [0.1, 0.15) is 12.0 Å². The minimum atomic E-state index is -3.76. The number of hydrogen-bond donors (Lipinski definition) is 2. The smallest absolute Gasteiger partial charge is 0.327 e. The fraction of sp³-hybridized carbons (Fsp3) is 0.261. The molecular weight excluding hydrogens is 493 g/mol. The van der Waals surface area contributed by atoms with Gasteiger partial charge in [-0.25, -0.2) is 17.7 Å². The van der Waals surface area contributed by atoms with Gasteiger partial charge in [0, 0.05) is 37.7 Å². The van der Waals surface area contributed by atoms with Gasteiger partial charge in [0.05, 0.1) is 27.2 Å². The molecule has 2 N–H and O–H groups in total. The third-order valence-electron chi connectivity index (χ3n) is 5.69. The Balaban J connectivity index is 1.54. The van der Waals surface area contributed by atoms with Gasteiger partial charge >= 0.3 is 7.60 Å². The van der Waals surface area contributed by atoms with Gasteiger partial charge in [-0.2, -0.15) is 0 Å². The molecule has 4 rings (SSSR count). The number of pyridine rings is 1. The van der Waals surface area contributed by atoms with E-state index in [1.807, 2.05) is 43.4 Å². The monoisotopic (exact) mass is 520 g/mol. The first-order valence-corrected chi connectivity index (χ1v) is 14.7. The second-order valence-electron chi connectivity index (χ2n) is 7.97. The molecule has 0 amide bonds. The summed E-state index contributed by atoms with van der Waals surface area (Å²) in [5.41, 5.74) is 3.02. The van der Waals surface area contributed by atoms with Crippen LogP contribution in [-0.4, -0.2) is 40.2 Å². The largest absolute Gasteiger partial charge is 0.338 e. The zero-order valence-corrected chi connectivity index (χ0v) is 21.7. The number of benzene rings is 2. The lowest BCUT2D eigenvalue weighted by atomic mass is 10.1. The van der Waals surface area contributed by atoms with Gasteiger partial charge in [-0.05, 0) is 42.3 Å². The van der Waals surface area contributed by atoms with E-state index in [1.165, 1.54) is 0 Å². The van der Waals surface area contributed by atoms with Gasteiger partial charge in [0.25, 0.3) is 0 Å². The summed E-state index contributed by atoms with van der Waals surface area (Å²) in [4.78, 5) is 12.6. The maximum atomic E-state index is 12.8. The Bertz CT molecular complexity index is 1430. The van der Waals surface area contributed by atoms with Crippen LogP contribution in [0.25, 0.3) is 17.0 Å². The summed E-state index contributed by atoms with van der Waals surface area (Å²) in [5.74, 6) is 0. The van der Waals surface area contributed by atoms with Gasteiger partial charge in [-0.1, -0.05) is 23.9 Å². The van der Waals surface area contributed by atoms with Crippen molar-refractivity contribution in [3.8, 4) is 0 Å². The molecule has 0 saturated heterocycles. The van der Waals surface area contributed by atoms with Gasteiger partial charge < -0.3 is 14.3 Å². The summed E-state index contributed by atoms with van der Waals surface area (Å²) in [6.45, 7) is 0.0432. The molecule has 2 aromatic carbocycles. The lowest BCUT2D eigenvalue weighted by Crippen LogP contribution is -2.28. The van der Waals surface area contributed by atoms with Crippen LogP contribution in [0.5, 0.6) is 0 Å². The molecule has 1 atom stereocenters. The van der Waals surface area contributed by atoms with Crippen LogP contribution < -0.4 is 14.2 Å². The molecule has 0 spiro atoms. The summed E-state index contributed by atoms with van der Waals surface area (Å²) in [6.07, 6.45) is 4.22.